The molecule has 1 heterocycles. The van der Waals surface area contributed by atoms with E-state index in [-0.39, 0.29) is 0 Å². The van der Waals surface area contributed by atoms with Gasteiger partial charge in [0, 0.05) is 25.6 Å². The molecule has 0 aliphatic carbocycles. The van der Waals surface area contributed by atoms with Crippen LogP contribution in [0.1, 0.15) is 24.9 Å². The van der Waals surface area contributed by atoms with Crippen molar-refractivity contribution in [1.82, 2.24) is 10.2 Å². The third kappa shape index (κ3) is 4.11. The number of rotatable bonds is 5. The maximum absolute atomic E-state index is 5.72. The molecule has 1 N–H and O–H groups in total. The number of ether oxygens (including phenoxy) is 2. The molecule has 1 aliphatic rings. The van der Waals surface area contributed by atoms with Crippen molar-refractivity contribution in [1.29, 1.82) is 0 Å². The monoisotopic (exact) mass is 264 g/mol. The zero-order valence-electron chi connectivity index (χ0n) is 12.1. The van der Waals surface area contributed by atoms with Gasteiger partial charge in [-0.15, -0.1) is 0 Å². The van der Waals surface area contributed by atoms with E-state index in [1.807, 2.05) is 6.07 Å². The van der Waals surface area contributed by atoms with Crippen molar-refractivity contribution in [3.05, 3.63) is 23.8 Å². The molecular weight excluding hydrogens is 240 g/mol. The van der Waals surface area contributed by atoms with Gasteiger partial charge in [-0.25, -0.2) is 0 Å². The summed E-state index contributed by atoms with van der Waals surface area (Å²) in [5.41, 5.74) is 1.24. The van der Waals surface area contributed by atoms with E-state index in [1.165, 1.54) is 5.56 Å². The van der Waals surface area contributed by atoms with Crippen LogP contribution in [-0.4, -0.2) is 45.3 Å². The molecule has 1 unspecified atom stereocenters. The van der Waals surface area contributed by atoms with Gasteiger partial charge in [-0.3, -0.25) is 0 Å². The highest BCUT2D eigenvalue weighted by atomic mass is 16.5. The Balaban J connectivity index is 1.98. The molecule has 106 valence electrons. The van der Waals surface area contributed by atoms with E-state index in [4.69, 9.17) is 9.47 Å². The lowest BCUT2D eigenvalue weighted by atomic mass is 10.1. The maximum Gasteiger partial charge on any atom is 0.161 e. The van der Waals surface area contributed by atoms with Gasteiger partial charge in [-0.05, 0) is 38.7 Å². The molecule has 0 spiro atoms. The molecule has 4 nitrogen and oxygen atoms in total. The highest BCUT2D eigenvalue weighted by Gasteiger charge is 2.13. The first-order valence-corrected chi connectivity index (χ1v) is 6.94. The SMILES string of the molecule is CC(NCCN(C)C)c1ccc2c(c1)OCCCO2. The summed E-state index contributed by atoms with van der Waals surface area (Å²) < 4.78 is 11.4. The average Bonchev–Trinajstić information content (AvgIpc) is 2.62. The predicted molar refractivity (Wildman–Crippen MR) is 77.0 cm³/mol. The minimum Gasteiger partial charge on any atom is -0.490 e. The molecule has 0 aromatic heterocycles. The Bertz CT molecular complexity index is 407. The van der Waals surface area contributed by atoms with Crippen LogP contribution in [0.25, 0.3) is 0 Å². The van der Waals surface area contributed by atoms with Crippen LogP contribution in [0.4, 0.5) is 0 Å². The van der Waals surface area contributed by atoms with Crippen molar-refractivity contribution in [2.75, 3.05) is 40.4 Å². The molecule has 0 fully saturated rings. The Labute approximate surface area is 115 Å². The summed E-state index contributed by atoms with van der Waals surface area (Å²) in [6.07, 6.45) is 0.945. The Morgan fingerprint density at radius 1 is 1.21 bits per heavy atom. The summed E-state index contributed by atoms with van der Waals surface area (Å²) in [4.78, 5) is 2.17. The van der Waals surface area contributed by atoms with E-state index in [1.54, 1.807) is 0 Å². The Morgan fingerprint density at radius 3 is 2.68 bits per heavy atom. The highest BCUT2D eigenvalue weighted by Crippen LogP contribution is 2.32. The molecule has 1 aromatic rings. The van der Waals surface area contributed by atoms with E-state index in [9.17, 15) is 0 Å². The topological polar surface area (TPSA) is 33.7 Å². The minimum absolute atomic E-state index is 0.317. The number of benzene rings is 1. The number of hydrogen-bond acceptors (Lipinski definition) is 4. The van der Waals surface area contributed by atoms with Gasteiger partial charge in [-0.1, -0.05) is 6.07 Å². The summed E-state index contributed by atoms with van der Waals surface area (Å²) in [6.45, 7) is 5.66. The van der Waals surface area contributed by atoms with Crippen LogP contribution in [0.5, 0.6) is 11.5 Å². The van der Waals surface area contributed by atoms with Crippen LogP contribution in [0.3, 0.4) is 0 Å². The van der Waals surface area contributed by atoms with E-state index in [0.29, 0.717) is 6.04 Å². The Morgan fingerprint density at radius 2 is 1.95 bits per heavy atom. The van der Waals surface area contributed by atoms with Gasteiger partial charge in [0.05, 0.1) is 13.2 Å². The first-order chi connectivity index (χ1) is 9.16. The number of nitrogens with one attached hydrogen (secondary N) is 1. The van der Waals surface area contributed by atoms with Gasteiger partial charge in [0.25, 0.3) is 0 Å². The zero-order chi connectivity index (χ0) is 13.7. The van der Waals surface area contributed by atoms with Crippen LogP contribution in [0.15, 0.2) is 18.2 Å². The Hall–Kier alpha value is -1.26. The molecule has 0 saturated heterocycles. The van der Waals surface area contributed by atoms with Crippen LogP contribution in [-0.2, 0) is 0 Å². The summed E-state index contributed by atoms with van der Waals surface area (Å²) in [5.74, 6) is 1.73. The van der Waals surface area contributed by atoms with E-state index in [0.717, 1.165) is 44.2 Å². The molecule has 0 saturated carbocycles. The fraction of sp³-hybridized carbons (Fsp3) is 0.600. The van der Waals surface area contributed by atoms with Crippen molar-refractivity contribution < 1.29 is 9.47 Å². The fourth-order valence-corrected chi connectivity index (χ4v) is 2.07. The maximum atomic E-state index is 5.72. The van der Waals surface area contributed by atoms with Crippen LogP contribution >= 0.6 is 0 Å². The van der Waals surface area contributed by atoms with E-state index in [2.05, 4.69) is 43.4 Å². The fourth-order valence-electron chi connectivity index (χ4n) is 2.07. The van der Waals surface area contributed by atoms with Crippen molar-refractivity contribution in [3.8, 4) is 11.5 Å². The lowest BCUT2D eigenvalue weighted by Crippen LogP contribution is -2.28. The van der Waals surface area contributed by atoms with Gasteiger partial charge in [0.2, 0.25) is 0 Å². The largest absolute Gasteiger partial charge is 0.490 e. The van der Waals surface area contributed by atoms with Gasteiger partial charge in [-0.2, -0.15) is 0 Å². The van der Waals surface area contributed by atoms with Crippen LogP contribution in [0.2, 0.25) is 0 Å². The van der Waals surface area contributed by atoms with E-state index >= 15 is 0 Å². The first-order valence-electron chi connectivity index (χ1n) is 6.94. The summed E-state index contributed by atoms with van der Waals surface area (Å²) in [5, 5.41) is 3.51. The lowest BCUT2D eigenvalue weighted by molar-refractivity contribution is 0.297. The molecule has 4 heteroatoms. The number of fused-ring (bicyclic) bond motifs is 1. The van der Waals surface area contributed by atoms with E-state index < -0.39 is 0 Å². The molecular formula is C15H24N2O2. The van der Waals surface area contributed by atoms with Gasteiger partial charge >= 0.3 is 0 Å². The quantitative estimate of drug-likeness (QED) is 0.882. The predicted octanol–water partition coefficient (Wildman–Crippen LogP) is 2.06. The molecule has 0 bridgehead atoms. The number of likely N-dealkylation sites (N-methyl/N-ethyl adjacent to an activating group) is 1. The average molecular weight is 264 g/mol. The third-order valence-electron chi connectivity index (χ3n) is 3.28. The second kappa shape index (κ2) is 6.78. The van der Waals surface area contributed by atoms with Crippen molar-refractivity contribution >= 4 is 0 Å². The number of nitrogens with zero attached hydrogens (tertiary/aromatic N) is 1. The summed E-state index contributed by atoms with van der Waals surface area (Å²) in [7, 11) is 4.17. The standard InChI is InChI=1S/C15H24N2O2/c1-12(16-7-8-17(2)3)13-5-6-14-15(11-13)19-10-4-9-18-14/h5-6,11-12,16H,4,7-10H2,1-3H3. The second-order valence-electron chi connectivity index (χ2n) is 5.24. The molecule has 19 heavy (non-hydrogen) atoms. The highest BCUT2D eigenvalue weighted by molar-refractivity contribution is 5.44. The molecule has 1 aromatic carbocycles. The van der Waals surface area contributed by atoms with Crippen molar-refractivity contribution in [2.45, 2.75) is 19.4 Å². The zero-order valence-corrected chi connectivity index (χ0v) is 12.1. The van der Waals surface area contributed by atoms with Crippen LogP contribution in [0, 0.1) is 0 Å². The van der Waals surface area contributed by atoms with Crippen molar-refractivity contribution in [2.24, 2.45) is 0 Å². The Kier molecular flexibility index (Phi) is 5.05. The lowest BCUT2D eigenvalue weighted by Gasteiger charge is -2.18. The first kappa shape index (κ1) is 14.2. The third-order valence-corrected chi connectivity index (χ3v) is 3.28. The normalized spacial score (nSPS) is 16.2. The molecule has 0 amide bonds. The van der Waals surface area contributed by atoms with Gasteiger partial charge in [0.15, 0.2) is 11.5 Å². The molecule has 1 atom stereocenters. The molecule has 1 aliphatic heterocycles. The summed E-state index contributed by atoms with van der Waals surface area (Å²) in [6, 6.07) is 6.53. The van der Waals surface area contributed by atoms with Crippen molar-refractivity contribution in [3.63, 3.8) is 0 Å². The van der Waals surface area contributed by atoms with Gasteiger partial charge < -0.3 is 19.7 Å². The minimum atomic E-state index is 0.317. The summed E-state index contributed by atoms with van der Waals surface area (Å²) >= 11 is 0. The number of hydrogen-bond donors (Lipinski definition) is 1. The molecule has 0 radical (unpaired) electrons. The van der Waals surface area contributed by atoms with Gasteiger partial charge in [0.1, 0.15) is 0 Å². The smallest absolute Gasteiger partial charge is 0.161 e. The van der Waals surface area contributed by atoms with Crippen LogP contribution < -0.4 is 14.8 Å². The second-order valence-corrected chi connectivity index (χ2v) is 5.24. The molecule has 2 rings (SSSR count).